The first kappa shape index (κ1) is 11.9. The van der Waals surface area contributed by atoms with Gasteiger partial charge in [0.2, 0.25) is 0 Å². The lowest BCUT2D eigenvalue weighted by molar-refractivity contribution is -0.104. The molecule has 90 valence electrons. The molecule has 0 spiro atoms. The van der Waals surface area contributed by atoms with Crippen LogP contribution in [0.25, 0.3) is 0 Å². The molecule has 0 aromatic rings. The molecule has 2 aliphatic carbocycles. The molecule has 2 fully saturated rings. The zero-order valence-corrected chi connectivity index (χ0v) is 10.3. The van der Waals surface area contributed by atoms with Crippen LogP contribution in [0, 0.1) is 22.7 Å². The molecule has 2 heteroatoms. The summed E-state index contributed by atoms with van der Waals surface area (Å²) < 4.78 is 0. The van der Waals surface area contributed by atoms with Gasteiger partial charge in [-0.25, -0.2) is 0 Å². The summed E-state index contributed by atoms with van der Waals surface area (Å²) in [5.41, 5.74) is -1.11. The zero-order chi connectivity index (χ0) is 11.6. The summed E-state index contributed by atoms with van der Waals surface area (Å²) in [6.07, 6.45) is 9.12. The topological polar surface area (TPSA) is 44.0 Å². The second-order valence-electron chi connectivity index (χ2n) is 5.97. The van der Waals surface area contributed by atoms with Gasteiger partial charge < -0.3 is 5.11 Å². The van der Waals surface area contributed by atoms with Crippen molar-refractivity contribution in [3.8, 4) is 6.07 Å². The van der Waals surface area contributed by atoms with Crippen LogP contribution in [0.15, 0.2) is 0 Å². The molecule has 2 nitrogen and oxygen atoms in total. The van der Waals surface area contributed by atoms with Crippen LogP contribution in [0.5, 0.6) is 0 Å². The Balaban J connectivity index is 2.16. The van der Waals surface area contributed by atoms with Crippen LogP contribution in [0.2, 0.25) is 0 Å². The monoisotopic (exact) mass is 221 g/mol. The highest BCUT2D eigenvalue weighted by Crippen LogP contribution is 2.51. The first-order valence-electron chi connectivity index (χ1n) is 6.76. The normalized spacial score (nSPS) is 38.9. The fourth-order valence-electron chi connectivity index (χ4n) is 3.55. The number of nitriles is 1. The Bertz CT molecular complexity index is 278. The number of hydrogen-bond acceptors (Lipinski definition) is 2. The van der Waals surface area contributed by atoms with Gasteiger partial charge in [-0.15, -0.1) is 0 Å². The molecule has 0 aliphatic heterocycles. The second kappa shape index (κ2) is 4.37. The maximum atomic E-state index is 10.8. The van der Waals surface area contributed by atoms with Crippen LogP contribution in [-0.2, 0) is 0 Å². The summed E-state index contributed by atoms with van der Waals surface area (Å²) in [5.74, 6) is 0.722. The summed E-state index contributed by atoms with van der Waals surface area (Å²) in [5, 5.41) is 20.4. The van der Waals surface area contributed by atoms with Crippen LogP contribution in [0.4, 0.5) is 0 Å². The molecule has 0 radical (unpaired) electrons. The zero-order valence-electron chi connectivity index (χ0n) is 10.3. The lowest BCUT2D eigenvalue weighted by Gasteiger charge is -2.48. The third-order valence-corrected chi connectivity index (χ3v) is 4.91. The van der Waals surface area contributed by atoms with E-state index in [4.69, 9.17) is 0 Å². The van der Waals surface area contributed by atoms with Crippen molar-refractivity contribution in [3.05, 3.63) is 0 Å². The van der Waals surface area contributed by atoms with Crippen LogP contribution in [-0.4, -0.2) is 10.7 Å². The van der Waals surface area contributed by atoms with Crippen LogP contribution >= 0.6 is 0 Å². The third-order valence-electron chi connectivity index (χ3n) is 4.91. The molecule has 0 aromatic carbocycles. The minimum absolute atomic E-state index is 0.425. The van der Waals surface area contributed by atoms with E-state index in [1.54, 1.807) is 0 Å². The Morgan fingerprint density at radius 2 is 1.62 bits per heavy atom. The maximum absolute atomic E-state index is 10.8. The van der Waals surface area contributed by atoms with Crippen molar-refractivity contribution in [2.24, 2.45) is 11.3 Å². The van der Waals surface area contributed by atoms with Gasteiger partial charge in [0.15, 0.2) is 0 Å². The highest BCUT2D eigenvalue weighted by atomic mass is 16.3. The molecule has 0 saturated heterocycles. The molecular weight excluding hydrogens is 198 g/mol. The van der Waals surface area contributed by atoms with Gasteiger partial charge in [0, 0.05) is 0 Å². The molecule has 0 bridgehead atoms. The van der Waals surface area contributed by atoms with Crippen molar-refractivity contribution in [2.45, 2.75) is 70.3 Å². The molecule has 0 amide bonds. The van der Waals surface area contributed by atoms with Crippen molar-refractivity contribution < 1.29 is 5.11 Å². The van der Waals surface area contributed by atoms with Crippen LogP contribution in [0.3, 0.4) is 0 Å². The second-order valence-corrected chi connectivity index (χ2v) is 5.97. The van der Waals surface area contributed by atoms with Crippen molar-refractivity contribution in [1.82, 2.24) is 0 Å². The highest BCUT2D eigenvalue weighted by molar-refractivity contribution is 5.13. The van der Waals surface area contributed by atoms with E-state index in [1.165, 1.54) is 6.42 Å². The van der Waals surface area contributed by atoms with E-state index in [2.05, 4.69) is 13.0 Å². The summed E-state index contributed by atoms with van der Waals surface area (Å²) in [4.78, 5) is 0. The number of hydrogen-bond donors (Lipinski definition) is 1. The quantitative estimate of drug-likeness (QED) is 0.737. The number of aliphatic hydroxyl groups is 1. The predicted molar refractivity (Wildman–Crippen MR) is 63.7 cm³/mol. The average Bonchev–Trinajstić information content (AvgIpc) is 2.34. The minimum atomic E-state index is -0.686. The fraction of sp³-hybridized carbons (Fsp3) is 0.929. The lowest BCUT2D eigenvalue weighted by Crippen LogP contribution is -2.50. The standard InChI is InChI=1S/C14H23NO/c1-12-5-9-14(16,10-6-12)13(11-15)7-3-2-4-8-13/h12,16H,2-10H2,1H3. The lowest BCUT2D eigenvalue weighted by atomic mass is 9.58. The Kier molecular flexibility index (Phi) is 3.26. The van der Waals surface area contributed by atoms with Crippen molar-refractivity contribution in [1.29, 1.82) is 5.26 Å². The molecule has 2 aliphatic rings. The van der Waals surface area contributed by atoms with E-state index in [1.807, 2.05) is 0 Å². The van der Waals surface area contributed by atoms with Gasteiger partial charge in [-0.05, 0) is 44.4 Å². The molecular formula is C14H23NO. The van der Waals surface area contributed by atoms with Crippen LogP contribution < -0.4 is 0 Å². The Hall–Kier alpha value is -0.550. The van der Waals surface area contributed by atoms with Gasteiger partial charge >= 0.3 is 0 Å². The van der Waals surface area contributed by atoms with E-state index in [-0.39, 0.29) is 0 Å². The third kappa shape index (κ3) is 1.86. The first-order valence-corrected chi connectivity index (χ1v) is 6.76. The molecule has 16 heavy (non-hydrogen) atoms. The van der Waals surface area contributed by atoms with Crippen LogP contribution in [0.1, 0.15) is 64.7 Å². The molecule has 2 rings (SSSR count). The molecule has 0 unspecified atom stereocenters. The van der Waals surface area contributed by atoms with Gasteiger partial charge in [-0.3, -0.25) is 0 Å². The van der Waals surface area contributed by atoms with E-state index in [0.29, 0.717) is 0 Å². The first-order chi connectivity index (χ1) is 7.62. The molecule has 0 heterocycles. The van der Waals surface area contributed by atoms with E-state index >= 15 is 0 Å². The molecule has 0 aromatic heterocycles. The molecule has 0 atom stereocenters. The summed E-state index contributed by atoms with van der Waals surface area (Å²) >= 11 is 0. The Morgan fingerprint density at radius 1 is 1.06 bits per heavy atom. The maximum Gasteiger partial charge on any atom is 0.0860 e. The SMILES string of the molecule is CC1CCC(O)(C2(C#N)CCCCC2)CC1. The Morgan fingerprint density at radius 3 is 2.12 bits per heavy atom. The summed E-state index contributed by atoms with van der Waals surface area (Å²) in [6.45, 7) is 2.25. The summed E-state index contributed by atoms with van der Waals surface area (Å²) in [6, 6.07) is 2.49. The van der Waals surface area contributed by atoms with Gasteiger partial charge in [-0.1, -0.05) is 26.2 Å². The fourth-order valence-corrected chi connectivity index (χ4v) is 3.55. The number of nitrogens with zero attached hydrogens (tertiary/aromatic N) is 1. The van der Waals surface area contributed by atoms with Gasteiger partial charge in [0.05, 0.1) is 17.1 Å². The smallest absolute Gasteiger partial charge is 0.0860 e. The molecule has 1 N–H and O–H groups in total. The van der Waals surface area contributed by atoms with Gasteiger partial charge in [0.1, 0.15) is 0 Å². The number of rotatable bonds is 1. The van der Waals surface area contributed by atoms with Crippen molar-refractivity contribution in [3.63, 3.8) is 0 Å². The van der Waals surface area contributed by atoms with E-state index < -0.39 is 11.0 Å². The minimum Gasteiger partial charge on any atom is -0.388 e. The Labute approximate surface area is 98.7 Å². The highest BCUT2D eigenvalue weighted by Gasteiger charge is 2.51. The van der Waals surface area contributed by atoms with Crippen molar-refractivity contribution in [2.75, 3.05) is 0 Å². The van der Waals surface area contributed by atoms with Crippen molar-refractivity contribution >= 4 is 0 Å². The van der Waals surface area contributed by atoms with E-state index in [9.17, 15) is 10.4 Å². The predicted octanol–water partition coefficient (Wildman–Crippen LogP) is 3.40. The van der Waals surface area contributed by atoms with E-state index in [0.717, 1.165) is 57.3 Å². The van der Waals surface area contributed by atoms with Gasteiger partial charge in [-0.2, -0.15) is 5.26 Å². The largest absolute Gasteiger partial charge is 0.388 e. The van der Waals surface area contributed by atoms with Gasteiger partial charge in [0.25, 0.3) is 0 Å². The summed E-state index contributed by atoms with van der Waals surface area (Å²) in [7, 11) is 0. The molecule has 2 saturated carbocycles. The average molecular weight is 221 g/mol.